The second-order valence-corrected chi connectivity index (χ2v) is 5.26. The Labute approximate surface area is 105 Å². The highest BCUT2D eigenvalue weighted by Gasteiger charge is 2.09. The molecule has 1 aliphatic rings. The van der Waals surface area contributed by atoms with E-state index in [1.54, 1.807) is 5.57 Å². The molecule has 0 amide bonds. The van der Waals surface area contributed by atoms with E-state index in [0.717, 1.165) is 12.8 Å². The van der Waals surface area contributed by atoms with Crippen LogP contribution in [0, 0.1) is 6.92 Å². The zero-order valence-electron chi connectivity index (χ0n) is 10.8. The summed E-state index contributed by atoms with van der Waals surface area (Å²) in [4.78, 5) is 0. The molecule has 1 atom stereocenters. The van der Waals surface area contributed by atoms with Crippen molar-refractivity contribution in [1.29, 1.82) is 0 Å². The van der Waals surface area contributed by atoms with Crippen molar-refractivity contribution in [3.8, 4) is 0 Å². The van der Waals surface area contributed by atoms with Crippen LogP contribution < -0.4 is 5.73 Å². The molecule has 17 heavy (non-hydrogen) atoms. The van der Waals surface area contributed by atoms with Crippen molar-refractivity contribution in [3.63, 3.8) is 0 Å². The molecule has 2 rings (SSSR count). The van der Waals surface area contributed by atoms with E-state index < -0.39 is 0 Å². The number of rotatable bonds is 4. The van der Waals surface area contributed by atoms with Crippen LogP contribution in [-0.4, -0.2) is 6.04 Å². The lowest BCUT2D eigenvalue weighted by Gasteiger charge is -2.17. The molecule has 0 heterocycles. The van der Waals surface area contributed by atoms with E-state index in [1.807, 2.05) is 0 Å². The average molecular weight is 229 g/mol. The van der Waals surface area contributed by atoms with Gasteiger partial charge in [0.05, 0.1) is 0 Å². The minimum atomic E-state index is 0.280. The summed E-state index contributed by atoms with van der Waals surface area (Å²) in [5, 5.41) is 0. The Morgan fingerprint density at radius 3 is 2.53 bits per heavy atom. The quantitative estimate of drug-likeness (QED) is 0.782. The fraction of sp³-hybridized carbons (Fsp3) is 0.500. The van der Waals surface area contributed by atoms with Crippen molar-refractivity contribution in [1.82, 2.24) is 0 Å². The second-order valence-electron chi connectivity index (χ2n) is 5.26. The molecule has 1 aromatic rings. The van der Waals surface area contributed by atoms with Gasteiger partial charge in [0, 0.05) is 6.04 Å². The van der Waals surface area contributed by atoms with Gasteiger partial charge in [-0.05, 0) is 51.0 Å². The van der Waals surface area contributed by atoms with Crippen LogP contribution in [0.3, 0.4) is 0 Å². The SMILES string of the molecule is Cc1ccc(CC(N)CC2=CCCCC2)cc1. The van der Waals surface area contributed by atoms with Gasteiger partial charge in [0.25, 0.3) is 0 Å². The highest BCUT2D eigenvalue weighted by Crippen LogP contribution is 2.21. The fourth-order valence-electron chi connectivity index (χ4n) is 2.53. The molecule has 1 nitrogen and oxygen atoms in total. The van der Waals surface area contributed by atoms with Crippen molar-refractivity contribution < 1.29 is 0 Å². The maximum absolute atomic E-state index is 6.23. The molecule has 1 unspecified atom stereocenters. The zero-order chi connectivity index (χ0) is 12.1. The molecule has 2 N–H and O–H groups in total. The number of hydrogen-bond donors (Lipinski definition) is 1. The van der Waals surface area contributed by atoms with Gasteiger partial charge in [-0.2, -0.15) is 0 Å². The van der Waals surface area contributed by atoms with Crippen LogP contribution in [0.1, 0.15) is 43.2 Å². The first-order valence-electron chi connectivity index (χ1n) is 6.73. The van der Waals surface area contributed by atoms with Crippen LogP contribution in [0.25, 0.3) is 0 Å². The Balaban J connectivity index is 1.86. The molecular weight excluding hydrogens is 206 g/mol. The topological polar surface area (TPSA) is 26.0 Å². The van der Waals surface area contributed by atoms with E-state index in [1.165, 1.54) is 36.8 Å². The maximum atomic E-state index is 6.23. The predicted octanol–water partition coefficient (Wildman–Crippen LogP) is 3.76. The van der Waals surface area contributed by atoms with Gasteiger partial charge in [-0.25, -0.2) is 0 Å². The Kier molecular flexibility index (Phi) is 4.38. The van der Waals surface area contributed by atoms with Crippen LogP contribution in [0.5, 0.6) is 0 Å². The van der Waals surface area contributed by atoms with Crippen LogP contribution in [-0.2, 0) is 6.42 Å². The summed E-state index contributed by atoms with van der Waals surface area (Å²) in [6, 6.07) is 9.01. The predicted molar refractivity (Wildman–Crippen MR) is 74.0 cm³/mol. The van der Waals surface area contributed by atoms with Gasteiger partial charge in [0.2, 0.25) is 0 Å². The standard InChI is InChI=1S/C16H23N/c1-13-7-9-15(10-8-13)12-16(17)11-14-5-3-2-4-6-14/h5,7-10,16H,2-4,6,11-12,17H2,1H3. The van der Waals surface area contributed by atoms with Gasteiger partial charge < -0.3 is 5.73 Å². The number of hydrogen-bond acceptors (Lipinski definition) is 1. The van der Waals surface area contributed by atoms with Crippen LogP contribution in [0.4, 0.5) is 0 Å². The van der Waals surface area contributed by atoms with Gasteiger partial charge in [-0.15, -0.1) is 0 Å². The number of aryl methyl sites for hydroxylation is 1. The fourth-order valence-corrected chi connectivity index (χ4v) is 2.53. The summed E-state index contributed by atoms with van der Waals surface area (Å²) in [6.45, 7) is 2.12. The van der Waals surface area contributed by atoms with Crippen LogP contribution >= 0.6 is 0 Å². The number of allylic oxidation sites excluding steroid dienone is 1. The first-order valence-corrected chi connectivity index (χ1v) is 6.73. The molecule has 0 bridgehead atoms. The lowest BCUT2D eigenvalue weighted by Crippen LogP contribution is -2.23. The van der Waals surface area contributed by atoms with E-state index in [9.17, 15) is 0 Å². The summed E-state index contributed by atoms with van der Waals surface area (Å²) >= 11 is 0. The van der Waals surface area contributed by atoms with Gasteiger partial charge in [-0.1, -0.05) is 41.5 Å². The van der Waals surface area contributed by atoms with Crippen molar-refractivity contribution in [2.75, 3.05) is 0 Å². The monoisotopic (exact) mass is 229 g/mol. The molecule has 1 aliphatic carbocycles. The number of benzene rings is 1. The molecule has 1 aromatic carbocycles. The summed E-state index contributed by atoms with van der Waals surface area (Å²) in [5.74, 6) is 0. The second kappa shape index (κ2) is 6.02. The third kappa shape index (κ3) is 4.01. The Morgan fingerprint density at radius 2 is 1.88 bits per heavy atom. The molecule has 0 aromatic heterocycles. The lowest BCUT2D eigenvalue weighted by atomic mass is 9.92. The minimum absolute atomic E-state index is 0.280. The van der Waals surface area contributed by atoms with Gasteiger partial charge in [-0.3, -0.25) is 0 Å². The van der Waals surface area contributed by atoms with Gasteiger partial charge in [0.1, 0.15) is 0 Å². The summed E-state index contributed by atoms with van der Waals surface area (Å²) in [5.41, 5.74) is 10.5. The third-order valence-electron chi connectivity index (χ3n) is 3.53. The minimum Gasteiger partial charge on any atom is -0.327 e. The highest BCUT2D eigenvalue weighted by atomic mass is 14.6. The third-order valence-corrected chi connectivity index (χ3v) is 3.53. The normalized spacial score (nSPS) is 17.6. The first-order chi connectivity index (χ1) is 8.24. The van der Waals surface area contributed by atoms with Crippen LogP contribution in [0.2, 0.25) is 0 Å². The van der Waals surface area contributed by atoms with E-state index in [0.29, 0.717) is 0 Å². The number of nitrogens with two attached hydrogens (primary N) is 1. The lowest BCUT2D eigenvalue weighted by molar-refractivity contribution is 0.605. The van der Waals surface area contributed by atoms with Crippen molar-refractivity contribution >= 4 is 0 Å². The molecule has 92 valence electrons. The average Bonchev–Trinajstić information content (AvgIpc) is 2.33. The molecular formula is C16H23N. The Bertz CT molecular complexity index is 375. The van der Waals surface area contributed by atoms with Crippen molar-refractivity contribution in [2.24, 2.45) is 5.73 Å². The smallest absolute Gasteiger partial charge is 0.0117 e. The largest absolute Gasteiger partial charge is 0.327 e. The molecule has 0 radical (unpaired) electrons. The summed E-state index contributed by atoms with van der Waals surface area (Å²) in [6.07, 6.45) is 9.71. The maximum Gasteiger partial charge on any atom is 0.0117 e. The first kappa shape index (κ1) is 12.4. The Morgan fingerprint density at radius 1 is 1.12 bits per heavy atom. The molecule has 0 aliphatic heterocycles. The summed E-state index contributed by atoms with van der Waals surface area (Å²) < 4.78 is 0. The molecule has 0 saturated heterocycles. The van der Waals surface area contributed by atoms with Gasteiger partial charge in [0.15, 0.2) is 0 Å². The summed E-state index contributed by atoms with van der Waals surface area (Å²) in [7, 11) is 0. The van der Waals surface area contributed by atoms with Crippen LogP contribution in [0.15, 0.2) is 35.9 Å². The zero-order valence-corrected chi connectivity index (χ0v) is 10.8. The molecule has 0 saturated carbocycles. The van der Waals surface area contributed by atoms with Crippen molar-refractivity contribution in [2.45, 2.75) is 51.5 Å². The highest BCUT2D eigenvalue weighted by molar-refractivity contribution is 5.22. The van der Waals surface area contributed by atoms with E-state index in [2.05, 4.69) is 37.3 Å². The van der Waals surface area contributed by atoms with E-state index in [4.69, 9.17) is 5.73 Å². The van der Waals surface area contributed by atoms with Gasteiger partial charge >= 0.3 is 0 Å². The van der Waals surface area contributed by atoms with E-state index in [-0.39, 0.29) is 6.04 Å². The molecule has 0 fully saturated rings. The Hall–Kier alpha value is -1.08. The molecule has 1 heteroatoms. The molecule has 0 spiro atoms. The van der Waals surface area contributed by atoms with Crippen molar-refractivity contribution in [3.05, 3.63) is 47.0 Å². The van der Waals surface area contributed by atoms with E-state index >= 15 is 0 Å².